The number of likely N-dealkylation sites (N-methyl/N-ethyl adjacent to an activating group) is 1. The predicted octanol–water partition coefficient (Wildman–Crippen LogP) is 0.224. The molecule has 3 aliphatic heterocycles. The number of halogens is 1. The van der Waals surface area contributed by atoms with Crippen LogP contribution in [0.4, 0.5) is 0 Å². The van der Waals surface area contributed by atoms with E-state index in [1.54, 1.807) is 19.0 Å². The zero-order chi connectivity index (χ0) is 18.4. The lowest BCUT2D eigenvalue weighted by Gasteiger charge is -2.32. The monoisotopic (exact) mass is 495 g/mol. The lowest BCUT2D eigenvalue weighted by molar-refractivity contribution is -0.127. The Bertz CT molecular complexity index is 493. The van der Waals surface area contributed by atoms with Crippen molar-refractivity contribution in [2.24, 2.45) is 4.99 Å². The summed E-state index contributed by atoms with van der Waals surface area (Å²) >= 11 is 0. The Balaban J connectivity index is 0.00000261. The molecule has 0 aliphatic carbocycles. The minimum atomic E-state index is 0. The minimum absolute atomic E-state index is 0. The molecule has 0 aromatic carbocycles. The average molecular weight is 495 g/mol. The highest BCUT2D eigenvalue weighted by atomic mass is 127. The molecule has 1 amide bonds. The number of amides is 1. The van der Waals surface area contributed by atoms with Crippen LogP contribution < -0.4 is 5.32 Å². The number of carbonyl (C=O) groups is 1. The Morgan fingerprint density at radius 3 is 2.63 bits per heavy atom. The zero-order valence-electron chi connectivity index (χ0n) is 16.6. The molecule has 3 fully saturated rings. The number of likely N-dealkylation sites (tertiary alicyclic amines) is 1. The molecule has 3 aliphatic rings. The molecule has 3 saturated heterocycles. The van der Waals surface area contributed by atoms with E-state index >= 15 is 0 Å². The number of rotatable bonds is 5. The fourth-order valence-electron chi connectivity index (χ4n) is 3.74. The van der Waals surface area contributed by atoms with Crippen molar-refractivity contribution in [1.29, 1.82) is 0 Å². The summed E-state index contributed by atoms with van der Waals surface area (Å²) in [5, 5.41) is 3.46. The van der Waals surface area contributed by atoms with Crippen molar-refractivity contribution in [2.45, 2.75) is 31.4 Å². The van der Waals surface area contributed by atoms with E-state index in [1.807, 2.05) is 0 Å². The number of morpholine rings is 1. The van der Waals surface area contributed by atoms with Gasteiger partial charge >= 0.3 is 0 Å². The lowest BCUT2D eigenvalue weighted by Crippen LogP contribution is -2.47. The van der Waals surface area contributed by atoms with E-state index in [-0.39, 0.29) is 42.5 Å². The average Bonchev–Trinajstić information content (AvgIpc) is 3.34. The van der Waals surface area contributed by atoms with Crippen LogP contribution in [-0.2, 0) is 14.3 Å². The summed E-state index contributed by atoms with van der Waals surface area (Å²) in [5.41, 5.74) is 0. The third-order valence-corrected chi connectivity index (χ3v) is 5.40. The van der Waals surface area contributed by atoms with Gasteiger partial charge in [0.2, 0.25) is 5.91 Å². The molecule has 8 nitrogen and oxygen atoms in total. The molecule has 0 aromatic rings. The molecule has 0 spiro atoms. The number of hydrogen-bond donors (Lipinski definition) is 1. The molecule has 27 heavy (non-hydrogen) atoms. The number of nitrogens with zero attached hydrogens (tertiary/aromatic N) is 4. The highest BCUT2D eigenvalue weighted by molar-refractivity contribution is 14.0. The van der Waals surface area contributed by atoms with Crippen molar-refractivity contribution < 1.29 is 14.3 Å². The standard InChI is InChI=1S/C18H33N5O3.HI/c1-21(2)17(24)13-20-18(19-12-16-4-3-9-26-16)23-6-5-15(14-23)22-7-10-25-11-8-22;/h15-16H,3-14H2,1-2H3,(H,19,20);1H. The normalized spacial score (nSPS) is 26.7. The maximum absolute atomic E-state index is 12.0. The van der Waals surface area contributed by atoms with Gasteiger partial charge in [0.05, 0.1) is 19.3 Å². The fourth-order valence-corrected chi connectivity index (χ4v) is 3.74. The van der Waals surface area contributed by atoms with E-state index in [0.29, 0.717) is 6.04 Å². The molecule has 3 heterocycles. The van der Waals surface area contributed by atoms with Crippen molar-refractivity contribution in [2.75, 3.05) is 73.2 Å². The van der Waals surface area contributed by atoms with E-state index in [1.165, 1.54) is 0 Å². The molecule has 0 bridgehead atoms. The maximum Gasteiger partial charge on any atom is 0.243 e. The largest absolute Gasteiger partial charge is 0.379 e. The van der Waals surface area contributed by atoms with Crippen LogP contribution in [0.15, 0.2) is 4.99 Å². The van der Waals surface area contributed by atoms with Crippen LogP contribution >= 0.6 is 24.0 Å². The summed E-state index contributed by atoms with van der Waals surface area (Å²) < 4.78 is 11.2. The van der Waals surface area contributed by atoms with Gasteiger partial charge in [0.1, 0.15) is 6.54 Å². The molecule has 9 heteroatoms. The van der Waals surface area contributed by atoms with E-state index < -0.39 is 0 Å². The van der Waals surface area contributed by atoms with Gasteiger partial charge in [-0.2, -0.15) is 0 Å². The lowest BCUT2D eigenvalue weighted by atomic mass is 10.2. The third-order valence-electron chi connectivity index (χ3n) is 5.40. The Morgan fingerprint density at radius 1 is 1.19 bits per heavy atom. The molecule has 3 rings (SSSR count). The number of aliphatic imine (C=N–C) groups is 1. The smallest absolute Gasteiger partial charge is 0.243 e. The van der Waals surface area contributed by atoms with E-state index in [2.05, 4.69) is 20.1 Å². The molecular weight excluding hydrogens is 461 g/mol. The van der Waals surface area contributed by atoms with Gasteiger partial charge in [0, 0.05) is 59.5 Å². The quantitative estimate of drug-likeness (QED) is 0.335. The second-order valence-electron chi connectivity index (χ2n) is 7.48. The third kappa shape index (κ3) is 6.72. The first-order valence-corrected chi connectivity index (χ1v) is 9.80. The number of carbonyl (C=O) groups excluding carboxylic acids is 1. The first-order valence-electron chi connectivity index (χ1n) is 9.80. The molecule has 1 N–H and O–H groups in total. The highest BCUT2D eigenvalue weighted by Gasteiger charge is 2.30. The SMILES string of the molecule is CN(C)C(=O)CN=C(NCC1CCCO1)N1CCC(N2CCOCC2)C1.I. The Morgan fingerprint density at radius 2 is 1.96 bits per heavy atom. The van der Waals surface area contributed by atoms with Gasteiger partial charge in [-0.05, 0) is 19.3 Å². The van der Waals surface area contributed by atoms with Crippen LogP contribution in [0.2, 0.25) is 0 Å². The summed E-state index contributed by atoms with van der Waals surface area (Å²) in [5.74, 6) is 0.858. The van der Waals surface area contributed by atoms with Crippen LogP contribution in [0.1, 0.15) is 19.3 Å². The van der Waals surface area contributed by atoms with Crippen molar-refractivity contribution in [3.8, 4) is 0 Å². The van der Waals surface area contributed by atoms with Crippen LogP contribution in [-0.4, -0.2) is 112 Å². The van der Waals surface area contributed by atoms with Gasteiger partial charge < -0.3 is 24.6 Å². The fraction of sp³-hybridized carbons (Fsp3) is 0.889. The Labute approximate surface area is 179 Å². The van der Waals surface area contributed by atoms with Crippen molar-refractivity contribution >= 4 is 35.8 Å². The maximum atomic E-state index is 12.0. The van der Waals surface area contributed by atoms with Crippen molar-refractivity contribution in [3.63, 3.8) is 0 Å². The second-order valence-corrected chi connectivity index (χ2v) is 7.48. The van der Waals surface area contributed by atoms with Gasteiger partial charge in [-0.3, -0.25) is 9.69 Å². The molecule has 2 atom stereocenters. The van der Waals surface area contributed by atoms with Gasteiger partial charge in [0.15, 0.2) is 5.96 Å². The molecule has 0 aromatic heterocycles. The summed E-state index contributed by atoms with van der Waals surface area (Å²) in [4.78, 5) is 23.0. The highest BCUT2D eigenvalue weighted by Crippen LogP contribution is 2.17. The summed E-state index contributed by atoms with van der Waals surface area (Å²) in [6, 6.07) is 0.540. The van der Waals surface area contributed by atoms with Crippen LogP contribution in [0.3, 0.4) is 0 Å². The first kappa shape index (κ1) is 22.6. The van der Waals surface area contributed by atoms with E-state index in [0.717, 1.165) is 77.8 Å². The minimum Gasteiger partial charge on any atom is -0.379 e. The zero-order valence-corrected chi connectivity index (χ0v) is 18.9. The topological polar surface area (TPSA) is 69.6 Å². The van der Waals surface area contributed by atoms with E-state index in [9.17, 15) is 4.79 Å². The number of hydrogen-bond acceptors (Lipinski definition) is 5. The molecular formula is C18H34IN5O3. The molecule has 0 saturated carbocycles. The van der Waals surface area contributed by atoms with Crippen LogP contribution in [0.25, 0.3) is 0 Å². The van der Waals surface area contributed by atoms with E-state index in [4.69, 9.17) is 9.47 Å². The number of guanidine groups is 1. The molecule has 2 unspecified atom stereocenters. The molecule has 0 radical (unpaired) electrons. The Hall–Kier alpha value is -0.650. The predicted molar refractivity (Wildman–Crippen MR) is 116 cm³/mol. The van der Waals surface area contributed by atoms with Gasteiger partial charge in [-0.15, -0.1) is 24.0 Å². The number of nitrogens with one attached hydrogen (secondary N) is 1. The van der Waals surface area contributed by atoms with Gasteiger partial charge in [0.25, 0.3) is 0 Å². The van der Waals surface area contributed by atoms with Crippen LogP contribution in [0, 0.1) is 0 Å². The summed E-state index contributed by atoms with van der Waals surface area (Å²) in [6.07, 6.45) is 3.60. The van der Waals surface area contributed by atoms with Crippen LogP contribution in [0.5, 0.6) is 0 Å². The van der Waals surface area contributed by atoms with Crippen molar-refractivity contribution in [3.05, 3.63) is 0 Å². The van der Waals surface area contributed by atoms with Gasteiger partial charge in [-0.1, -0.05) is 0 Å². The summed E-state index contributed by atoms with van der Waals surface area (Å²) in [7, 11) is 3.53. The van der Waals surface area contributed by atoms with Crippen molar-refractivity contribution in [1.82, 2.24) is 20.0 Å². The first-order chi connectivity index (χ1) is 12.6. The number of ether oxygens (including phenoxy) is 2. The Kier molecular flexibility index (Phi) is 9.54. The van der Waals surface area contributed by atoms with Gasteiger partial charge in [-0.25, -0.2) is 4.99 Å². The molecule has 156 valence electrons. The second kappa shape index (κ2) is 11.4. The summed E-state index contributed by atoms with van der Waals surface area (Å²) in [6.45, 7) is 7.37.